The zero-order valence-electron chi connectivity index (χ0n) is 11.2. The van der Waals surface area contributed by atoms with Gasteiger partial charge in [0.25, 0.3) is 0 Å². The van der Waals surface area contributed by atoms with E-state index in [1.807, 2.05) is 6.92 Å². The Hall–Kier alpha value is -1.37. The number of rotatable bonds is 4. The number of carbonyl (C=O) groups is 1. The molecule has 2 rings (SSSR count). The van der Waals surface area contributed by atoms with Gasteiger partial charge in [-0.25, -0.2) is 4.21 Å². The molecule has 0 saturated carbocycles. The molecular formula is C12H19N3O3S. The molecule has 0 aromatic carbocycles. The second-order valence-corrected chi connectivity index (χ2v) is 7.33. The van der Waals surface area contributed by atoms with Gasteiger partial charge < -0.3 is 9.42 Å². The van der Waals surface area contributed by atoms with Gasteiger partial charge in [0.15, 0.2) is 0 Å². The zero-order valence-corrected chi connectivity index (χ0v) is 12.0. The fourth-order valence-corrected chi connectivity index (χ4v) is 4.31. The summed E-state index contributed by atoms with van der Waals surface area (Å²) < 4.78 is 24.6. The number of nitrogens with zero attached hydrogens (tertiary/aromatic N) is 2. The van der Waals surface area contributed by atoms with E-state index in [4.69, 9.17) is 9.30 Å². The topological polar surface area (TPSA) is 87.3 Å². The van der Waals surface area contributed by atoms with E-state index < -0.39 is 15.0 Å². The molecule has 106 valence electrons. The number of carbonyl (C=O) groups excluding carboxylic acids is 1. The molecule has 1 aromatic rings. The average molecular weight is 285 g/mol. The molecule has 6 nitrogen and oxygen atoms in total. The van der Waals surface area contributed by atoms with E-state index in [9.17, 15) is 9.00 Å². The average Bonchev–Trinajstić information content (AvgIpc) is 2.93. The monoisotopic (exact) mass is 285 g/mol. The smallest absolute Gasteiger partial charge is 0.239 e. The number of hydrogen-bond donors (Lipinski definition) is 1. The summed E-state index contributed by atoms with van der Waals surface area (Å²) in [6.07, 6.45) is 3.53. The summed E-state index contributed by atoms with van der Waals surface area (Å²) in [5, 5.41) is 3.22. The van der Waals surface area contributed by atoms with Crippen LogP contribution in [0, 0.1) is 4.78 Å². The van der Waals surface area contributed by atoms with Crippen LogP contribution in [-0.4, -0.2) is 38.2 Å². The Labute approximate surface area is 113 Å². The zero-order chi connectivity index (χ0) is 14.0. The van der Waals surface area contributed by atoms with Crippen molar-refractivity contribution < 1.29 is 13.5 Å². The molecule has 0 bridgehead atoms. The first kappa shape index (κ1) is 14.0. The normalized spacial score (nSPS) is 26.5. The van der Waals surface area contributed by atoms with Crippen molar-refractivity contribution in [2.45, 2.75) is 38.0 Å². The molecule has 1 aliphatic rings. The minimum Gasteiger partial charge on any atom is -0.364 e. The largest absolute Gasteiger partial charge is 0.364 e. The Morgan fingerprint density at radius 1 is 1.68 bits per heavy atom. The summed E-state index contributed by atoms with van der Waals surface area (Å²) in [6.45, 7) is 2.36. The van der Waals surface area contributed by atoms with Crippen LogP contribution in [0.1, 0.15) is 31.0 Å². The SMILES string of the molecule is CCc1nocc1CN(C)C(=O)C1CCCS1(=N)=O. The third-order valence-electron chi connectivity index (χ3n) is 3.50. The maximum absolute atomic E-state index is 12.3. The van der Waals surface area contributed by atoms with Crippen molar-refractivity contribution in [1.82, 2.24) is 10.1 Å². The van der Waals surface area contributed by atoms with Crippen molar-refractivity contribution in [2.24, 2.45) is 0 Å². The molecule has 1 aliphatic heterocycles. The van der Waals surface area contributed by atoms with Crippen molar-refractivity contribution >= 4 is 15.6 Å². The molecule has 0 spiro atoms. The molecule has 1 saturated heterocycles. The lowest BCUT2D eigenvalue weighted by Gasteiger charge is -2.21. The highest BCUT2D eigenvalue weighted by Gasteiger charge is 2.36. The van der Waals surface area contributed by atoms with Crippen LogP contribution >= 0.6 is 0 Å². The van der Waals surface area contributed by atoms with Gasteiger partial charge in [0.1, 0.15) is 11.5 Å². The fourth-order valence-electron chi connectivity index (χ4n) is 2.38. The number of aryl methyl sites for hydroxylation is 1. The molecule has 19 heavy (non-hydrogen) atoms. The van der Waals surface area contributed by atoms with Gasteiger partial charge in [-0.1, -0.05) is 12.1 Å². The van der Waals surface area contributed by atoms with Crippen LogP contribution in [-0.2, 0) is 27.5 Å². The maximum Gasteiger partial charge on any atom is 0.239 e. The van der Waals surface area contributed by atoms with Crippen molar-refractivity contribution in [1.29, 1.82) is 4.78 Å². The molecular weight excluding hydrogens is 266 g/mol. The Balaban J connectivity index is 2.08. The molecule has 1 amide bonds. The van der Waals surface area contributed by atoms with Crippen LogP contribution in [0.15, 0.2) is 10.8 Å². The van der Waals surface area contributed by atoms with Crippen LogP contribution in [0.3, 0.4) is 0 Å². The van der Waals surface area contributed by atoms with Crippen LogP contribution < -0.4 is 0 Å². The van der Waals surface area contributed by atoms with Gasteiger partial charge in [0.2, 0.25) is 5.91 Å². The molecule has 0 radical (unpaired) electrons. The summed E-state index contributed by atoms with van der Waals surface area (Å²) in [5.41, 5.74) is 1.70. The lowest BCUT2D eigenvalue weighted by atomic mass is 10.2. The predicted molar refractivity (Wildman–Crippen MR) is 71.1 cm³/mol. The van der Waals surface area contributed by atoms with Crippen LogP contribution in [0.25, 0.3) is 0 Å². The summed E-state index contributed by atoms with van der Waals surface area (Å²) in [6, 6.07) is 0. The molecule has 2 unspecified atom stereocenters. The van der Waals surface area contributed by atoms with Crippen LogP contribution in [0.4, 0.5) is 0 Å². The lowest BCUT2D eigenvalue weighted by molar-refractivity contribution is -0.129. The molecule has 7 heteroatoms. The van der Waals surface area contributed by atoms with E-state index in [1.54, 1.807) is 7.05 Å². The standard InChI is InChI=1S/C12H19N3O3S/c1-3-10-9(8-18-14-10)7-15(2)12(16)11-5-4-6-19(11,13)17/h8,11,13H,3-7H2,1-2H3. The van der Waals surface area contributed by atoms with Crippen molar-refractivity contribution in [3.63, 3.8) is 0 Å². The third-order valence-corrected chi connectivity index (χ3v) is 5.75. The second kappa shape index (κ2) is 5.32. The lowest BCUT2D eigenvalue weighted by Crippen LogP contribution is -2.38. The van der Waals surface area contributed by atoms with Gasteiger partial charge in [0.05, 0.1) is 22.0 Å². The summed E-state index contributed by atoms with van der Waals surface area (Å²) in [5.74, 6) is 0.130. The number of aromatic nitrogens is 1. The van der Waals surface area contributed by atoms with E-state index in [1.165, 1.54) is 11.2 Å². The maximum atomic E-state index is 12.3. The minimum absolute atomic E-state index is 0.208. The van der Waals surface area contributed by atoms with E-state index in [0.717, 1.165) is 17.7 Å². The highest BCUT2D eigenvalue weighted by Crippen LogP contribution is 2.23. The van der Waals surface area contributed by atoms with Gasteiger partial charge >= 0.3 is 0 Å². The summed E-state index contributed by atoms with van der Waals surface area (Å²) in [7, 11) is -1.09. The van der Waals surface area contributed by atoms with Gasteiger partial charge in [-0.2, -0.15) is 0 Å². The first-order chi connectivity index (χ1) is 8.95. The van der Waals surface area contributed by atoms with Gasteiger partial charge in [0, 0.05) is 18.4 Å². The van der Waals surface area contributed by atoms with Crippen molar-refractivity contribution in [2.75, 3.05) is 12.8 Å². The molecule has 1 fully saturated rings. The third kappa shape index (κ3) is 2.80. The van der Waals surface area contributed by atoms with Gasteiger partial charge in [-0.3, -0.25) is 9.57 Å². The molecule has 1 N–H and O–H groups in total. The van der Waals surface area contributed by atoms with E-state index in [-0.39, 0.29) is 5.91 Å². The number of amides is 1. The van der Waals surface area contributed by atoms with Gasteiger partial charge in [-0.15, -0.1) is 0 Å². The number of hydrogen-bond acceptors (Lipinski definition) is 5. The highest BCUT2D eigenvalue weighted by atomic mass is 32.2. The molecule has 0 aliphatic carbocycles. The Bertz CT molecular complexity index is 565. The van der Waals surface area contributed by atoms with Crippen molar-refractivity contribution in [3.05, 3.63) is 17.5 Å². The first-order valence-corrected chi connectivity index (χ1v) is 8.17. The molecule has 1 aromatic heterocycles. The van der Waals surface area contributed by atoms with Gasteiger partial charge in [-0.05, 0) is 19.3 Å². The summed E-state index contributed by atoms with van der Waals surface area (Å²) >= 11 is 0. The predicted octanol–water partition coefficient (Wildman–Crippen LogP) is 1.40. The van der Waals surface area contributed by atoms with Crippen LogP contribution in [0.2, 0.25) is 0 Å². The van der Waals surface area contributed by atoms with Crippen LogP contribution in [0.5, 0.6) is 0 Å². The van der Waals surface area contributed by atoms with E-state index in [0.29, 0.717) is 25.1 Å². The Morgan fingerprint density at radius 3 is 3.00 bits per heavy atom. The minimum atomic E-state index is -2.76. The van der Waals surface area contributed by atoms with Crippen molar-refractivity contribution in [3.8, 4) is 0 Å². The fraction of sp³-hybridized carbons (Fsp3) is 0.667. The molecule has 2 atom stereocenters. The highest BCUT2D eigenvalue weighted by molar-refractivity contribution is 7.94. The van der Waals surface area contributed by atoms with E-state index >= 15 is 0 Å². The Morgan fingerprint density at radius 2 is 2.42 bits per heavy atom. The quantitative estimate of drug-likeness (QED) is 0.906. The van der Waals surface area contributed by atoms with E-state index in [2.05, 4.69) is 5.16 Å². The summed E-state index contributed by atoms with van der Waals surface area (Å²) in [4.78, 5) is 13.8. The Kier molecular flexibility index (Phi) is 3.93. The second-order valence-electron chi connectivity index (χ2n) is 4.90. The number of nitrogens with one attached hydrogen (secondary N) is 1. The first-order valence-electron chi connectivity index (χ1n) is 6.38. The molecule has 2 heterocycles.